The highest BCUT2D eigenvalue weighted by atomic mass is 16.5. The number of rotatable bonds is 7. The first-order valence-corrected chi connectivity index (χ1v) is 10.0. The van der Waals surface area contributed by atoms with Crippen molar-refractivity contribution < 1.29 is 4.74 Å². The van der Waals surface area contributed by atoms with Crippen LogP contribution in [0.4, 0.5) is 0 Å². The number of unbranched alkanes of at least 4 members (excludes halogenated alkanes) is 1. The van der Waals surface area contributed by atoms with Crippen LogP contribution in [0.1, 0.15) is 51.7 Å². The highest BCUT2D eigenvalue weighted by Gasteiger charge is 2.19. The van der Waals surface area contributed by atoms with E-state index in [0.717, 1.165) is 37.1 Å². The summed E-state index contributed by atoms with van der Waals surface area (Å²) < 4.78 is 5.91. The van der Waals surface area contributed by atoms with Crippen molar-refractivity contribution in [2.45, 2.75) is 52.4 Å². The van der Waals surface area contributed by atoms with E-state index in [2.05, 4.69) is 62.2 Å². The van der Waals surface area contributed by atoms with Crippen molar-refractivity contribution >= 4 is 10.9 Å². The zero-order valence-electron chi connectivity index (χ0n) is 17.1. The van der Waals surface area contributed by atoms with E-state index in [1.807, 2.05) is 13.0 Å². The molecule has 1 heterocycles. The molecule has 0 bridgehead atoms. The summed E-state index contributed by atoms with van der Waals surface area (Å²) in [6.45, 7) is 10.2. The molecule has 3 nitrogen and oxygen atoms in total. The molecule has 0 aliphatic rings. The van der Waals surface area contributed by atoms with Crippen molar-refractivity contribution in [1.82, 2.24) is 4.98 Å². The molecule has 0 fully saturated rings. The topological polar surface area (TPSA) is 51.0 Å². The molecular weight excluding hydrogens is 332 g/mol. The molecule has 0 amide bonds. The third-order valence-electron chi connectivity index (χ3n) is 5.11. The number of H-pyrrole nitrogens is 1. The van der Waals surface area contributed by atoms with E-state index in [4.69, 9.17) is 10.5 Å². The number of hydrogen-bond acceptors (Lipinski definition) is 2. The van der Waals surface area contributed by atoms with Gasteiger partial charge >= 0.3 is 0 Å². The lowest BCUT2D eigenvalue weighted by Crippen LogP contribution is -2.10. The molecule has 0 radical (unpaired) electrons. The lowest BCUT2D eigenvalue weighted by molar-refractivity contribution is 0.341. The Labute approximate surface area is 162 Å². The third-order valence-corrected chi connectivity index (χ3v) is 5.11. The van der Waals surface area contributed by atoms with Crippen LogP contribution in [0.3, 0.4) is 0 Å². The second kappa shape index (κ2) is 8.18. The Hall–Kier alpha value is -2.26. The number of aromatic nitrogens is 1. The second-order valence-corrected chi connectivity index (χ2v) is 8.16. The smallest absolute Gasteiger partial charge is 0.128 e. The Morgan fingerprint density at radius 3 is 2.52 bits per heavy atom. The third kappa shape index (κ3) is 4.19. The predicted octanol–water partition coefficient (Wildman–Crippen LogP) is 5.81. The van der Waals surface area contributed by atoms with Crippen LogP contribution in [0, 0.1) is 0 Å². The molecule has 0 spiro atoms. The maximum absolute atomic E-state index is 5.91. The summed E-state index contributed by atoms with van der Waals surface area (Å²) in [7, 11) is 0. The van der Waals surface area contributed by atoms with Gasteiger partial charge in [0, 0.05) is 16.5 Å². The molecule has 0 atom stereocenters. The van der Waals surface area contributed by atoms with E-state index in [1.165, 1.54) is 27.7 Å². The highest BCUT2D eigenvalue weighted by molar-refractivity contribution is 5.92. The van der Waals surface area contributed by atoms with E-state index in [-0.39, 0.29) is 5.41 Å². The monoisotopic (exact) mass is 364 g/mol. The van der Waals surface area contributed by atoms with E-state index < -0.39 is 0 Å². The van der Waals surface area contributed by atoms with Crippen LogP contribution in [0.2, 0.25) is 0 Å². The molecule has 3 rings (SSSR count). The first-order chi connectivity index (χ1) is 13.0. The Kier molecular flexibility index (Phi) is 5.91. The molecule has 0 aliphatic carbocycles. The van der Waals surface area contributed by atoms with E-state index >= 15 is 0 Å². The number of aryl methyl sites for hydroxylation is 1. The fourth-order valence-corrected chi connectivity index (χ4v) is 3.60. The number of nitrogens with two attached hydrogens (primary N) is 1. The average Bonchev–Trinajstić information content (AvgIpc) is 3.00. The second-order valence-electron chi connectivity index (χ2n) is 8.16. The average molecular weight is 365 g/mol. The van der Waals surface area contributed by atoms with Crippen molar-refractivity contribution in [3.05, 3.63) is 53.6 Å². The number of para-hydroxylation sites is 1. The number of fused-ring (bicyclic) bond motifs is 1. The van der Waals surface area contributed by atoms with Gasteiger partial charge in [-0.15, -0.1) is 0 Å². The van der Waals surface area contributed by atoms with Gasteiger partial charge in [0.15, 0.2) is 0 Å². The largest absolute Gasteiger partial charge is 0.493 e. The van der Waals surface area contributed by atoms with Gasteiger partial charge in [-0.3, -0.25) is 0 Å². The Morgan fingerprint density at radius 1 is 1.04 bits per heavy atom. The summed E-state index contributed by atoms with van der Waals surface area (Å²) in [4.78, 5) is 3.67. The van der Waals surface area contributed by atoms with Gasteiger partial charge in [-0.2, -0.15) is 0 Å². The zero-order valence-corrected chi connectivity index (χ0v) is 17.1. The van der Waals surface area contributed by atoms with E-state index in [9.17, 15) is 0 Å². The van der Waals surface area contributed by atoms with E-state index in [1.54, 1.807) is 0 Å². The Balaban J connectivity index is 2.18. The minimum absolute atomic E-state index is 0.128. The maximum Gasteiger partial charge on any atom is 0.128 e. The molecule has 0 unspecified atom stereocenters. The minimum atomic E-state index is 0.128. The van der Waals surface area contributed by atoms with Gasteiger partial charge in [-0.25, -0.2) is 0 Å². The Bertz CT molecular complexity index is 902. The van der Waals surface area contributed by atoms with Crippen molar-refractivity contribution in [3.8, 4) is 17.0 Å². The molecule has 0 saturated carbocycles. The van der Waals surface area contributed by atoms with Gasteiger partial charge in [-0.05, 0) is 73.5 Å². The summed E-state index contributed by atoms with van der Waals surface area (Å²) in [6.07, 6.45) is 3.14. The standard InChI is InChI=1S/C24H32N2O/c1-5-27-22-12-7-6-11-19(22)23-18(10-8-9-15-25)20-16-17(24(2,3)4)13-14-21(20)26-23/h6-7,11-14,16,26H,5,8-10,15,25H2,1-4H3. The molecule has 3 aromatic rings. The number of nitrogens with one attached hydrogen (secondary N) is 1. The lowest BCUT2D eigenvalue weighted by Gasteiger charge is -2.19. The van der Waals surface area contributed by atoms with Gasteiger partial charge in [-0.1, -0.05) is 39.0 Å². The molecular formula is C24H32N2O. The van der Waals surface area contributed by atoms with Crippen molar-refractivity contribution in [3.63, 3.8) is 0 Å². The van der Waals surface area contributed by atoms with Crippen molar-refractivity contribution in [2.24, 2.45) is 5.73 Å². The molecule has 27 heavy (non-hydrogen) atoms. The Morgan fingerprint density at radius 2 is 1.81 bits per heavy atom. The quantitative estimate of drug-likeness (QED) is 0.520. The number of aromatic amines is 1. The van der Waals surface area contributed by atoms with Crippen molar-refractivity contribution in [1.29, 1.82) is 0 Å². The van der Waals surface area contributed by atoms with Gasteiger partial charge < -0.3 is 15.5 Å². The predicted molar refractivity (Wildman–Crippen MR) is 116 cm³/mol. The summed E-state index contributed by atoms with van der Waals surface area (Å²) in [5, 5.41) is 1.32. The summed E-state index contributed by atoms with van der Waals surface area (Å²) in [6, 6.07) is 15.1. The first-order valence-electron chi connectivity index (χ1n) is 10.0. The first kappa shape index (κ1) is 19.5. The van der Waals surface area contributed by atoms with E-state index in [0.29, 0.717) is 6.61 Å². The molecule has 144 valence electrons. The van der Waals surface area contributed by atoms with Crippen LogP contribution in [-0.2, 0) is 11.8 Å². The van der Waals surface area contributed by atoms with Crippen LogP contribution in [0.25, 0.3) is 22.2 Å². The summed E-state index contributed by atoms with van der Waals surface area (Å²) in [5.41, 5.74) is 12.1. The zero-order chi connectivity index (χ0) is 19.4. The number of hydrogen-bond donors (Lipinski definition) is 2. The molecule has 1 aromatic heterocycles. The molecule has 0 saturated heterocycles. The number of benzene rings is 2. The van der Waals surface area contributed by atoms with Gasteiger partial charge in [0.1, 0.15) is 5.75 Å². The molecule has 0 aliphatic heterocycles. The SMILES string of the molecule is CCOc1ccccc1-c1[nH]c2ccc(C(C)(C)C)cc2c1CCCCN. The lowest BCUT2D eigenvalue weighted by atomic mass is 9.86. The fraction of sp³-hybridized carbons (Fsp3) is 0.417. The van der Waals surface area contributed by atoms with Crippen LogP contribution < -0.4 is 10.5 Å². The normalized spacial score (nSPS) is 11.9. The highest BCUT2D eigenvalue weighted by Crippen LogP contribution is 2.38. The molecule has 3 N–H and O–H groups in total. The van der Waals surface area contributed by atoms with Crippen LogP contribution in [0.5, 0.6) is 5.75 Å². The van der Waals surface area contributed by atoms with Gasteiger partial charge in [0.05, 0.1) is 12.3 Å². The maximum atomic E-state index is 5.91. The van der Waals surface area contributed by atoms with Crippen LogP contribution >= 0.6 is 0 Å². The van der Waals surface area contributed by atoms with Gasteiger partial charge in [0.2, 0.25) is 0 Å². The van der Waals surface area contributed by atoms with Crippen LogP contribution in [-0.4, -0.2) is 18.1 Å². The van der Waals surface area contributed by atoms with Gasteiger partial charge in [0.25, 0.3) is 0 Å². The number of ether oxygens (including phenoxy) is 1. The van der Waals surface area contributed by atoms with Crippen LogP contribution in [0.15, 0.2) is 42.5 Å². The minimum Gasteiger partial charge on any atom is -0.493 e. The summed E-state index contributed by atoms with van der Waals surface area (Å²) >= 11 is 0. The van der Waals surface area contributed by atoms with Crippen molar-refractivity contribution in [2.75, 3.05) is 13.2 Å². The summed E-state index contributed by atoms with van der Waals surface area (Å²) in [5.74, 6) is 0.933. The molecule has 2 aromatic carbocycles. The molecule has 3 heteroatoms. The fourth-order valence-electron chi connectivity index (χ4n) is 3.60.